The Labute approximate surface area is 154 Å². The van der Waals surface area contributed by atoms with E-state index in [0.29, 0.717) is 12.3 Å². The molecule has 1 aromatic carbocycles. The van der Waals surface area contributed by atoms with Crippen LogP contribution in [0.3, 0.4) is 0 Å². The predicted molar refractivity (Wildman–Crippen MR) is 105 cm³/mol. The summed E-state index contributed by atoms with van der Waals surface area (Å²) >= 11 is 1.72. The summed E-state index contributed by atoms with van der Waals surface area (Å²) in [6.45, 7) is 5.05. The topological polar surface area (TPSA) is 58.4 Å². The van der Waals surface area contributed by atoms with Crippen LogP contribution in [0.25, 0.3) is 0 Å². The quantitative estimate of drug-likeness (QED) is 0.731. The van der Waals surface area contributed by atoms with E-state index in [2.05, 4.69) is 41.8 Å². The SMILES string of the molecule is CCC(CC)CC(=O)c1ccc(N2CC(N)C(c3cccs3)N2)cc1. The lowest BCUT2D eigenvalue weighted by atomic mass is 9.94. The third-order valence-electron chi connectivity index (χ3n) is 5.10. The van der Waals surface area contributed by atoms with E-state index in [1.165, 1.54) is 4.88 Å². The Bertz CT molecular complexity index is 679. The Morgan fingerprint density at radius 1 is 1.28 bits per heavy atom. The number of hydrogen-bond acceptors (Lipinski definition) is 5. The van der Waals surface area contributed by atoms with Crippen molar-refractivity contribution >= 4 is 22.8 Å². The number of anilines is 1. The number of nitrogens with two attached hydrogens (primary N) is 1. The molecule has 0 bridgehead atoms. The molecule has 25 heavy (non-hydrogen) atoms. The second-order valence-electron chi connectivity index (χ2n) is 6.75. The number of thiophene rings is 1. The summed E-state index contributed by atoms with van der Waals surface area (Å²) in [6, 6.07) is 12.3. The molecule has 134 valence electrons. The van der Waals surface area contributed by atoms with Gasteiger partial charge in [-0.25, -0.2) is 5.43 Å². The first kappa shape index (κ1) is 18.1. The molecule has 1 aliphatic heterocycles. The van der Waals surface area contributed by atoms with Crippen molar-refractivity contribution in [2.24, 2.45) is 11.7 Å². The van der Waals surface area contributed by atoms with Gasteiger partial charge in [-0.2, -0.15) is 0 Å². The number of hydrazine groups is 1. The fourth-order valence-electron chi connectivity index (χ4n) is 3.34. The molecule has 0 spiro atoms. The van der Waals surface area contributed by atoms with Gasteiger partial charge in [-0.15, -0.1) is 11.3 Å². The number of Topliss-reactive ketones (excluding diaryl/α,β-unsaturated/α-hetero) is 1. The standard InChI is InChI=1S/C20H27N3OS/c1-3-14(4-2)12-18(24)15-7-9-16(10-8-15)23-13-17(21)20(22-23)19-6-5-11-25-19/h5-11,14,17,20,22H,3-4,12-13,21H2,1-2H3. The Balaban J connectivity index is 1.66. The van der Waals surface area contributed by atoms with Crippen molar-refractivity contribution < 1.29 is 4.79 Å². The van der Waals surface area contributed by atoms with Gasteiger partial charge in [-0.05, 0) is 41.6 Å². The van der Waals surface area contributed by atoms with Crippen LogP contribution in [0.5, 0.6) is 0 Å². The van der Waals surface area contributed by atoms with Gasteiger partial charge >= 0.3 is 0 Å². The summed E-state index contributed by atoms with van der Waals surface area (Å²) in [6.07, 6.45) is 2.75. The number of rotatable bonds is 7. The number of nitrogens with one attached hydrogen (secondary N) is 1. The fraction of sp³-hybridized carbons (Fsp3) is 0.450. The van der Waals surface area contributed by atoms with Gasteiger partial charge in [0.1, 0.15) is 0 Å². The minimum Gasteiger partial charge on any atom is -0.324 e. The number of ketones is 1. The first-order valence-electron chi connectivity index (χ1n) is 9.08. The highest BCUT2D eigenvalue weighted by molar-refractivity contribution is 7.10. The summed E-state index contributed by atoms with van der Waals surface area (Å²) < 4.78 is 0. The van der Waals surface area contributed by atoms with E-state index in [4.69, 9.17) is 5.73 Å². The van der Waals surface area contributed by atoms with Gasteiger partial charge < -0.3 is 10.7 Å². The van der Waals surface area contributed by atoms with Crippen molar-refractivity contribution in [3.63, 3.8) is 0 Å². The largest absolute Gasteiger partial charge is 0.324 e. The summed E-state index contributed by atoms with van der Waals surface area (Å²) in [7, 11) is 0. The molecule has 0 radical (unpaired) electrons. The van der Waals surface area contributed by atoms with Gasteiger partial charge in [0.05, 0.1) is 18.3 Å². The van der Waals surface area contributed by atoms with Crippen molar-refractivity contribution in [1.29, 1.82) is 0 Å². The molecule has 5 heteroatoms. The van der Waals surface area contributed by atoms with Crippen molar-refractivity contribution in [3.8, 4) is 0 Å². The first-order chi connectivity index (χ1) is 12.1. The molecule has 0 aliphatic carbocycles. The van der Waals surface area contributed by atoms with Crippen molar-refractivity contribution in [1.82, 2.24) is 5.43 Å². The molecule has 2 aromatic rings. The van der Waals surface area contributed by atoms with E-state index in [1.807, 2.05) is 24.3 Å². The average molecular weight is 358 g/mol. The van der Waals surface area contributed by atoms with E-state index >= 15 is 0 Å². The molecule has 4 nitrogen and oxygen atoms in total. The lowest BCUT2D eigenvalue weighted by Gasteiger charge is -2.20. The third-order valence-corrected chi connectivity index (χ3v) is 6.05. The summed E-state index contributed by atoms with van der Waals surface area (Å²) in [5.74, 6) is 0.722. The molecule has 0 saturated carbocycles. The third kappa shape index (κ3) is 4.11. The molecule has 1 aromatic heterocycles. The number of benzene rings is 1. The molecule has 1 aliphatic rings. The van der Waals surface area contributed by atoms with Crippen LogP contribution in [0.2, 0.25) is 0 Å². The Morgan fingerprint density at radius 2 is 2.00 bits per heavy atom. The average Bonchev–Trinajstić information content (AvgIpc) is 3.29. The van der Waals surface area contributed by atoms with Gasteiger partial charge in [0.25, 0.3) is 0 Å². The Morgan fingerprint density at radius 3 is 2.60 bits per heavy atom. The van der Waals surface area contributed by atoms with Gasteiger partial charge in [0, 0.05) is 22.9 Å². The molecule has 2 heterocycles. The zero-order valence-corrected chi connectivity index (χ0v) is 15.8. The van der Waals surface area contributed by atoms with Crippen LogP contribution in [0.4, 0.5) is 5.69 Å². The maximum absolute atomic E-state index is 12.4. The number of carbonyl (C=O) groups is 1. The monoisotopic (exact) mass is 357 g/mol. The van der Waals surface area contributed by atoms with E-state index in [0.717, 1.165) is 30.6 Å². The zero-order valence-electron chi connectivity index (χ0n) is 14.9. The lowest BCUT2D eigenvalue weighted by molar-refractivity contribution is 0.0958. The molecule has 1 fully saturated rings. The molecule has 0 amide bonds. The van der Waals surface area contributed by atoms with Crippen molar-refractivity contribution in [2.45, 2.75) is 45.2 Å². The van der Waals surface area contributed by atoms with Crippen LogP contribution in [0, 0.1) is 5.92 Å². The van der Waals surface area contributed by atoms with Crippen molar-refractivity contribution in [2.75, 3.05) is 11.6 Å². The minimum atomic E-state index is 0.0508. The minimum absolute atomic E-state index is 0.0508. The molecule has 2 unspecified atom stereocenters. The molecular weight excluding hydrogens is 330 g/mol. The normalized spacial score (nSPS) is 20.4. The van der Waals surface area contributed by atoms with Gasteiger partial charge in [0.2, 0.25) is 0 Å². The maximum atomic E-state index is 12.4. The predicted octanol–water partition coefficient (Wildman–Crippen LogP) is 4.15. The molecule has 2 atom stereocenters. The number of hydrogen-bond donors (Lipinski definition) is 2. The molecule has 3 N–H and O–H groups in total. The number of carbonyl (C=O) groups excluding carboxylic acids is 1. The van der Waals surface area contributed by atoms with Gasteiger partial charge in [-0.3, -0.25) is 4.79 Å². The molecular formula is C20H27N3OS. The van der Waals surface area contributed by atoms with Crippen LogP contribution in [-0.4, -0.2) is 18.4 Å². The number of nitrogens with zero attached hydrogens (tertiary/aromatic N) is 1. The molecule has 3 rings (SSSR count). The van der Waals surface area contributed by atoms with Gasteiger partial charge in [0.15, 0.2) is 5.78 Å². The van der Waals surface area contributed by atoms with Crippen LogP contribution >= 0.6 is 11.3 Å². The Kier molecular flexibility index (Phi) is 5.89. The highest BCUT2D eigenvalue weighted by atomic mass is 32.1. The molecule has 1 saturated heterocycles. The zero-order chi connectivity index (χ0) is 17.8. The van der Waals surface area contributed by atoms with E-state index in [1.54, 1.807) is 11.3 Å². The van der Waals surface area contributed by atoms with E-state index in [-0.39, 0.29) is 17.9 Å². The first-order valence-corrected chi connectivity index (χ1v) is 9.96. The Hall–Kier alpha value is -1.69. The van der Waals surface area contributed by atoms with Crippen molar-refractivity contribution in [3.05, 3.63) is 52.2 Å². The smallest absolute Gasteiger partial charge is 0.163 e. The highest BCUT2D eigenvalue weighted by Gasteiger charge is 2.31. The van der Waals surface area contributed by atoms with Crippen LogP contribution in [-0.2, 0) is 0 Å². The summed E-state index contributed by atoms with van der Waals surface area (Å²) in [4.78, 5) is 13.7. The highest BCUT2D eigenvalue weighted by Crippen LogP contribution is 2.29. The van der Waals surface area contributed by atoms with Gasteiger partial charge in [-0.1, -0.05) is 32.8 Å². The van der Waals surface area contributed by atoms with Crippen LogP contribution < -0.4 is 16.2 Å². The van der Waals surface area contributed by atoms with Crippen LogP contribution in [0.1, 0.15) is 54.4 Å². The fourth-order valence-corrected chi connectivity index (χ4v) is 4.19. The van der Waals surface area contributed by atoms with Crippen LogP contribution in [0.15, 0.2) is 41.8 Å². The summed E-state index contributed by atoms with van der Waals surface area (Å²) in [5.41, 5.74) is 11.7. The summed E-state index contributed by atoms with van der Waals surface area (Å²) in [5, 5.41) is 4.16. The second-order valence-corrected chi connectivity index (χ2v) is 7.73. The van der Waals surface area contributed by atoms with E-state index < -0.39 is 0 Å². The van der Waals surface area contributed by atoms with E-state index in [9.17, 15) is 4.79 Å². The second kappa shape index (κ2) is 8.13. The lowest BCUT2D eigenvalue weighted by Crippen LogP contribution is -2.31. The maximum Gasteiger partial charge on any atom is 0.163 e.